The van der Waals surface area contributed by atoms with Crippen molar-refractivity contribution >= 4 is 44.5 Å². The van der Waals surface area contributed by atoms with Crippen LogP contribution >= 0.6 is 38.5 Å². The van der Waals surface area contributed by atoms with Gasteiger partial charge in [-0.1, -0.05) is 46.3 Å². The molecular formula is C14H10BrIO2. The zero-order valence-electron chi connectivity index (χ0n) is 9.31. The van der Waals surface area contributed by atoms with Crippen LogP contribution in [0.1, 0.15) is 26.3 Å². The van der Waals surface area contributed by atoms with Crippen LogP contribution in [0.15, 0.2) is 48.5 Å². The third kappa shape index (κ3) is 2.92. The van der Waals surface area contributed by atoms with Crippen LogP contribution in [-0.2, 0) is 0 Å². The van der Waals surface area contributed by atoms with Crippen LogP contribution in [0.2, 0.25) is 0 Å². The van der Waals surface area contributed by atoms with E-state index < -0.39 is 5.97 Å². The van der Waals surface area contributed by atoms with Crippen LogP contribution in [-0.4, -0.2) is 11.1 Å². The summed E-state index contributed by atoms with van der Waals surface area (Å²) in [6.45, 7) is 0. The van der Waals surface area contributed by atoms with E-state index in [4.69, 9.17) is 0 Å². The Morgan fingerprint density at radius 3 is 2.33 bits per heavy atom. The molecule has 0 radical (unpaired) electrons. The number of carboxylic acid groups (broad SMARTS) is 1. The molecule has 92 valence electrons. The number of hydrogen-bond acceptors (Lipinski definition) is 1. The molecule has 0 saturated carbocycles. The summed E-state index contributed by atoms with van der Waals surface area (Å²) in [4.78, 5) is 11.1. The zero-order valence-corrected chi connectivity index (χ0v) is 13.1. The predicted octanol–water partition coefficient (Wildman–Crippen LogP) is 4.47. The molecule has 0 fully saturated rings. The molecular weight excluding hydrogens is 407 g/mol. The molecule has 1 atom stereocenters. The van der Waals surface area contributed by atoms with Gasteiger partial charge in [0.15, 0.2) is 0 Å². The van der Waals surface area contributed by atoms with Gasteiger partial charge in [0.25, 0.3) is 0 Å². The van der Waals surface area contributed by atoms with Gasteiger partial charge in [-0.3, -0.25) is 0 Å². The number of benzene rings is 2. The van der Waals surface area contributed by atoms with Gasteiger partial charge in [0.05, 0.1) is 10.4 Å². The van der Waals surface area contributed by atoms with Crippen molar-refractivity contribution in [1.82, 2.24) is 0 Å². The fourth-order valence-corrected chi connectivity index (χ4v) is 2.79. The fraction of sp³-hybridized carbons (Fsp3) is 0.0714. The van der Waals surface area contributed by atoms with Gasteiger partial charge in [0.2, 0.25) is 0 Å². The molecule has 1 N–H and O–H groups in total. The topological polar surface area (TPSA) is 37.3 Å². The Morgan fingerprint density at radius 1 is 1.11 bits per heavy atom. The maximum Gasteiger partial charge on any atom is 0.336 e. The summed E-state index contributed by atoms with van der Waals surface area (Å²) in [7, 11) is 0. The number of alkyl halides is 1. The van der Waals surface area contributed by atoms with Gasteiger partial charge >= 0.3 is 5.97 Å². The van der Waals surface area contributed by atoms with E-state index in [0.717, 1.165) is 14.7 Å². The second-order valence-corrected chi connectivity index (χ2v) is 5.97. The molecule has 0 aromatic heterocycles. The third-order valence-electron chi connectivity index (χ3n) is 2.63. The number of carbonyl (C=O) groups is 1. The first-order valence-electron chi connectivity index (χ1n) is 5.31. The van der Waals surface area contributed by atoms with Crippen LogP contribution in [0.25, 0.3) is 0 Å². The fourth-order valence-electron chi connectivity index (χ4n) is 1.72. The highest BCUT2D eigenvalue weighted by atomic mass is 127. The van der Waals surface area contributed by atoms with Gasteiger partial charge in [0, 0.05) is 3.57 Å². The van der Waals surface area contributed by atoms with Crippen molar-refractivity contribution in [3.8, 4) is 0 Å². The standard InChI is InChI=1S/C14H10BrIO2/c15-13(9-5-7-10(16)8-6-9)11-3-1-2-4-12(11)14(17)18/h1-8,13H,(H,17,18)/t13-/m0/s1. The Morgan fingerprint density at radius 2 is 1.72 bits per heavy atom. The Kier molecular flexibility index (Phi) is 4.40. The largest absolute Gasteiger partial charge is 0.478 e. The van der Waals surface area contributed by atoms with Crippen molar-refractivity contribution in [2.75, 3.05) is 0 Å². The lowest BCUT2D eigenvalue weighted by Crippen LogP contribution is -2.04. The molecule has 18 heavy (non-hydrogen) atoms. The average molecular weight is 417 g/mol. The van der Waals surface area contributed by atoms with Crippen molar-refractivity contribution in [1.29, 1.82) is 0 Å². The first-order chi connectivity index (χ1) is 8.59. The molecule has 2 aromatic rings. The Balaban J connectivity index is 2.42. The number of hydrogen-bond donors (Lipinski definition) is 1. The minimum Gasteiger partial charge on any atom is -0.478 e. The predicted molar refractivity (Wildman–Crippen MR) is 83.3 cm³/mol. The Labute approximate surface area is 127 Å². The normalized spacial score (nSPS) is 12.1. The summed E-state index contributed by atoms with van der Waals surface area (Å²) in [5.41, 5.74) is 2.15. The average Bonchev–Trinajstić information content (AvgIpc) is 2.39. The molecule has 0 aliphatic rings. The first-order valence-corrected chi connectivity index (χ1v) is 7.31. The van der Waals surface area contributed by atoms with E-state index in [1.165, 1.54) is 0 Å². The molecule has 2 nitrogen and oxygen atoms in total. The van der Waals surface area contributed by atoms with Gasteiger partial charge < -0.3 is 5.11 Å². The highest BCUT2D eigenvalue weighted by Crippen LogP contribution is 2.33. The lowest BCUT2D eigenvalue weighted by molar-refractivity contribution is 0.0696. The Hall–Kier alpha value is -0.880. The molecule has 0 aliphatic carbocycles. The SMILES string of the molecule is O=C(O)c1ccccc1[C@@H](Br)c1ccc(I)cc1. The molecule has 0 aliphatic heterocycles. The van der Waals surface area contributed by atoms with Gasteiger partial charge in [-0.15, -0.1) is 0 Å². The van der Waals surface area contributed by atoms with E-state index in [2.05, 4.69) is 38.5 Å². The highest BCUT2D eigenvalue weighted by Gasteiger charge is 2.17. The molecule has 0 spiro atoms. The van der Waals surface area contributed by atoms with E-state index in [9.17, 15) is 9.90 Å². The summed E-state index contributed by atoms with van der Waals surface area (Å²) in [6, 6.07) is 15.1. The van der Waals surface area contributed by atoms with E-state index in [-0.39, 0.29) is 4.83 Å². The van der Waals surface area contributed by atoms with Gasteiger partial charge in [0.1, 0.15) is 0 Å². The number of rotatable bonds is 3. The van der Waals surface area contributed by atoms with Crippen LogP contribution in [0.3, 0.4) is 0 Å². The van der Waals surface area contributed by atoms with E-state index in [1.807, 2.05) is 36.4 Å². The van der Waals surface area contributed by atoms with Crippen molar-refractivity contribution < 1.29 is 9.90 Å². The number of halogens is 2. The minimum atomic E-state index is -0.902. The highest BCUT2D eigenvalue weighted by molar-refractivity contribution is 14.1. The Bertz CT molecular complexity index is 566. The van der Waals surface area contributed by atoms with Crippen molar-refractivity contribution in [2.24, 2.45) is 0 Å². The molecule has 0 amide bonds. The quantitative estimate of drug-likeness (QED) is 0.591. The summed E-state index contributed by atoms with van der Waals surface area (Å²) in [5, 5.41) is 9.18. The minimum absolute atomic E-state index is 0.109. The summed E-state index contributed by atoms with van der Waals surface area (Å²) < 4.78 is 1.16. The van der Waals surface area contributed by atoms with E-state index in [0.29, 0.717) is 5.56 Å². The van der Waals surface area contributed by atoms with Crippen molar-refractivity contribution in [3.05, 3.63) is 68.8 Å². The van der Waals surface area contributed by atoms with Crippen LogP contribution in [0, 0.1) is 3.57 Å². The molecule has 0 heterocycles. The van der Waals surface area contributed by atoms with E-state index >= 15 is 0 Å². The first kappa shape index (κ1) is 13.5. The van der Waals surface area contributed by atoms with Crippen LogP contribution in [0.4, 0.5) is 0 Å². The van der Waals surface area contributed by atoms with Gasteiger partial charge in [-0.05, 0) is 51.9 Å². The zero-order chi connectivity index (χ0) is 13.1. The van der Waals surface area contributed by atoms with Gasteiger partial charge in [-0.25, -0.2) is 4.79 Å². The summed E-state index contributed by atoms with van der Waals surface area (Å²) in [5.74, 6) is -0.902. The monoisotopic (exact) mass is 416 g/mol. The molecule has 4 heteroatoms. The van der Waals surface area contributed by atoms with Crippen LogP contribution in [0.5, 0.6) is 0 Å². The molecule has 2 rings (SSSR count). The molecule has 0 unspecified atom stereocenters. The maximum atomic E-state index is 11.2. The van der Waals surface area contributed by atoms with E-state index in [1.54, 1.807) is 12.1 Å². The van der Waals surface area contributed by atoms with Gasteiger partial charge in [-0.2, -0.15) is 0 Å². The molecule has 0 bridgehead atoms. The molecule has 2 aromatic carbocycles. The number of carboxylic acids is 1. The summed E-state index contributed by atoms with van der Waals surface area (Å²) >= 11 is 5.81. The van der Waals surface area contributed by atoms with Crippen molar-refractivity contribution in [3.63, 3.8) is 0 Å². The second-order valence-electron chi connectivity index (χ2n) is 3.81. The summed E-state index contributed by atoms with van der Waals surface area (Å²) in [6.07, 6.45) is 0. The lowest BCUT2D eigenvalue weighted by Gasteiger charge is -2.13. The molecule has 0 saturated heterocycles. The third-order valence-corrected chi connectivity index (χ3v) is 4.37. The smallest absolute Gasteiger partial charge is 0.336 e. The number of aromatic carboxylic acids is 1. The second kappa shape index (κ2) is 5.84. The lowest BCUT2D eigenvalue weighted by atomic mass is 10.00. The van der Waals surface area contributed by atoms with Crippen LogP contribution < -0.4 is 0 Å². The van der Waals surface area contributed by atoms with Crippen molar-refractivity contribution in [2.45, 2.75) is 4.83 Å². The maximum absolute atomic E-state index is 11.2.